The van der Waals surface area contributed by atoms with Gasteiger partial charge in [0.05, 0.1) is 0 Å². The van der Waals surface area contributed by atoms with Crippen LogP contribution >= 0.6 is 0 Å². The number of hydrogen-bond donors (Lipinski definition) is 1. The van der Waals surface area contributed by atoms with Crippen molar-refractivity contribution < 1.29 is 0 Å². The van der Waals surface area contributed by atoms with Crippen LogP contribution in [0.4, 0.5) is 5.69 Å². The summed E-state index contributed by atoms with van der Waals surface area (Å²) in [5.74, 6) is 0.672. The molecule has 2 heteroatoms. The number of nitrogens with one attached hydrogen (secondary N) is 1. The molecule has 0 aliphatic carbocycles. The van der Waals surface area contributed by atoms with Gasteiger partial charge in [0, 0.05) is 24.8 Å². The molecule has 1 N–H and O–H groups in total. The summed E-state index contributed by atoms with van der Waals surface area (Å²) in [6.07, 6.45) is 5.08. The highest BCUT2D eigenvalue weighted by Gasteiger charge is 2.24. The SMILES string of the molecule is CCCNCC(C(C)C)N1CCCCc2ccccc21. The normalized spacial score (nSPS) is 16.9. The van der Waals surface area contributed by atoms with E-state index in [2.05, 4.69) is 55.3 Å². The van der Waals surface area contributed by atoms with Crippen LogP contribution in [0, 0.1) is 5.92 Å². The molecule has 1 heterocycles. The summed E-state index contributed by atoms with van der Waals surface area (Å²) >= 11 is 0. The molecule has 1 aliphatic heterocycles. The average molecular weight is 274 g/mol. The van der Waals surface area contributed by atoms with Gasteiger partial charge in [0.1, 0.15) is 0 Å². The van der Waals surface area contributed by atoms with Crippen LogP contribution in [0.15, 0.2) is 24.3 Å². The van der Waals surface area contributed by atoms with Gasteiger partial charge in [-0.05, 0) is 49.8 Å². The first-order valence-corrected chi connectivity index (χ1v) is 8.29. The van der Waals surface area contributed by atoms with E-state index in [-0.39, 0.29) is 0 Å². The highest BCUT2D eigenvalue weighted by atomic mass is 15.2. The van der Waals surface area contributed by atoms with Crippen LogP contribution in [0.25, 0.3) is 0 Å². The number of anilines is 1. The molecule has 20 heavy (non-hydrogen) atoms. The molecule has 0 saturated carbocycles. The number of hydrogen-bond acceptors (Lipinski definition) is 2. The van der Waals surface area contributed by atoms with Crippen molar-refractivity contribution in [1.29, 1.82) is 0 Å². The van der Waals surface area contributed by atoms with Gasteiger partial charge in [-0.2, -0.15) is 0 Å². The molecule has 2 rings (SSSR count). The zero-order valence-corrected chi connectivity index (χ0v) is 13.4. The van der Waals surface area contributed by atoms with Crippen molar-refractivity contribution in [3.05, 3.63) is 29.8 Å². The van der Waals surface area contributed by atoms with Gasteiger partial charge in [-0.15, -0.1) is 0 Å². The summed E-state index contributed by atoms with van der Waals surface area (Å²) in [5.41, 5.74) is 3.01. The molecule has 0 aromatic heterocycles. The lowest BCUT2D eigenvalue weighted by atomic mass is 10.00. The van der Waals surface area contributed by atoms with Crippen molar-refractivity contribution in [2.24, 2.45) is 5.92 Å². The van der Waals surface area contributed by atoms with E-state index >= 15 is 0 Å². The van der Waals surface area contributed by atoms with E-state index in [4.69, 9.17) is 0 Å². The maximum Gasteiger partial charge on any atom is 0.0437 e. The Labute approximate surface area is 124 Å². The highest BCUT2D eigenvalue weighted by Crippen LogP contribution is 2.29. The number of nitrogens with zero attached hydrogens (tertiary/aromatic N) is 1. The summed E-state index contributed by atoms with van der Waals surface area (Å²) in [6.45, 7) is 10.4. The summed E-state index contributed by atoms with van der Waals surface area (Å²) in [5, 5.41) is 3.62. The Hall–Kier alpha value is -1.02. The molecule has 0 spiro atoms. The topological polar surface area (TPSA) is 15.3 Å². The second-order valence-corrected chi connectivity index (χ2v) is 6.29. The Balaban J connectivity index is 2.18. The quantitative estimate of drug-likeness (QED) is 0.793. The molecule has 1 unspecified atom stereocenters. The molecule has 0 saturated heterocycles. The van der Waals surface area contributed by atoms with Gasteiger partial charge in [0.15, 0.2) is 0 Å². The third-order valence-electron chi connectivity index (χ3n) is 4.35. The summed E-state index contributed by atoms with van der Waals surface area (Å²) in [4.78, 5) is 2.66. The molecule has 2 nitrogen and oxygen atoms in total. The molecule has 112 valence electrons. The predicted molar refractivity (Wildman–Crippen MR) is 88.5 cm³/mol. The third kappa shape index (κ3) is 3.76. The lowest BCUT2D eigenvalue weighted by molar-refractivity contribution is 0.424. The number of benzene rings is 1. The van der Waals surface area contributed by atoms with E-state index in [1.807, 2.05) is 0 Å². The maximum atomic E-state index is 3.62. The monoisotopic (exact) mass is 274 g/mol. The van der Waals surface area contributed by atoms with Crippen molar-refractivity contribution in [3.63, 3.8) is 0 Å². The molecule has 0 radical (unpaired) electrons. The summed E-state index contributed by atoms with van der Waals surface area (Å²) in [7, 11) is 0. The van der Waals surface area contributed by atoms with E-state index in [1.165, 1.54) is 43.5 Å². The zero-order chi connectivity index (χ0) is 14.4. The molecular weight excluding hydrogens is 244 g/mol. The molecule has 0 bridgehead atoms. The largest absolute Gasteiger partial charge is 0.367 e. The summed E-state index contributed by atoms with van der Waals surface area (Å²) < 4.78 is 0. The first-order valence-electron chi connectivity index (χ1n) is 8.29. The summed E-state index contributed by atoms with van der Waals surface area (Å²) in [6, 6.07) is 9.59. The lowest BCUT2D eigenvalue weighted by Crippen LogP contribution is -2.46. The van der Waals surface area contributed by atoms with Crippen LogP contribution in [0.3, 0.4) is 0 Å². The molecular formula is C18H30N2. The van der Waals surface area contributed by atoms with Gasteiger partial charge >= 0.3 is 0 Å². The molecule has 1 aromatic carbocycles. The first-order chi connectivity index (χ1) is 9.74. The second kappa shape index (κ2) is 7.68. The number of para-hydroxylation sites is 1. The fourth-order valence-electron chi connectivity index (χ4n) is 3.20. The van der Waals surface area contributed by atoms with Gasteiger partial charge in [0.25, 0.3) is 0 Å². The van der Waals surface area contributed by atoms with Gasteiger partial charge < -0.3 is 10.2 Å². The Kier molecular flexibility index (Phi) is 5.90. The van der Waals surface area contributed by atoms with Gasteiger partial charge in [0.2, 0.25) is 0 Å². The van der Waals surface area contributed by atoms with Crippen molar-refractivity contribution in [3.8, 4) is 0 Å². The van der Waals surface area contributed by atoms with E-state index in [0.717, 1.165) is 13.1 Å². The minimum Gasteiger partial charge on any atom is -0.367 e. The van der Waals surface area contributed by atoms with Crippen LogP contribution < -0.4 is 10.2 Å². The zero-order valence-electron chi connectivity index (χ0n) is 13.4. The minimum absolute atomic E-state index is 0.598. The molecule has 1 atom stereocenters. The minimum atomic E-state index is 0.598. The van der Waals surface area contributed by atoms with E-state index in [1.54, 1.807) is 0 Å². The number of rotatable bonds is 6. The van der Waals surface area contributed by atoms with Crippen molar-refractivity contribution in [2.75, 3.05) is 24.5 Å². The van der Waals surface area contributed by atoms with Crippen LogP contribution in [-0.2, 0) is 6.42 Å². The maximum absolute atomic E-state index is 3.62. The standard InChI is InChI=1S/C18H30N2/c1-4-12-19-14-18(15(2)3)20-13-8-7-10-16-9-5-6-11-17(16)20/h5-6,9,11,15,18-19H,4,7-8,10,12-14H2,1-3H3. The van der Waals surface area contributed by atoms with Crippen molar-refractivity contribution in [1.82, 2.24) is 5.32 Å². The Bertz CT molecular complexity index is 400. The van der Waals surface area contributed by atoms with Crippen LogP contribution in [0.5, 0.6) is 0 Å². The van der Waals surface area contributed by atoms with Crippen molar-refractivity contribution in [2.45, 2.75) is 52.5 Å². The van der Waals surface area contributed by atoms with E-state index in [0.29, 0.717) is 12.0 Å². The van der Waals surface area contributed by atoms with Crippen LogP contribution in [0.1, 0.15) is 45.6 Å². The van der Waals surface area contributed by atoms with Crippen LogP contribution in [0.2, 0.25) is 0 Å². The van der Waals surface area contributed by atoms with E-state index < -0.39 is 0 Å². The third-order valence-corrected chi connectivity index (χ3v) is 4.35. The molecule has 0 fully saturated rings. The first kappa shape index (κ1) is 15.4. The second-order valence-electron chi connectivity index (χ2n) is 6.29. The van der Waals surface area contributed by atoms with Gasteiger partial charge in [-0.1, -0.05) is 39.0 Å². The Morgan fingerprint density at radius 2 is 2.00 bits per heavy atom. The highest BCUT2D eigenvalue weighted by molar-refractivity contribution is 5.55. The lowest BCUT2D eigenvalue weighted by Gasteiger charge is -2.37. The fourth-order valence-corrected chi connectivity index (χ4v) is 3.20. The Morgan fingerprint density at radius 1 is 1.20 bits per heavy atom. The molecule has 1 aliphatic rings. The number of fused-ring (bicyclic) bond motifs is 1. The predicted octanol–water partition coefficient (Wildman–Crippen LogP) is 3.85. The molecule has 0 amide bonds. The van der Waals surface area contributed by atoms with Gasteiger partial charge in [-0.25, -0.2) is 0 Å². The molecule has 1 aromatic rings. The van der Waals surface area contributed by atoms with E-state index in [9.17, 15) is 0 Å². The fraction of sp³-hybridized carbons (Fsp3) is 0.667. The van der Waals surface area contributed by atoms with Crippen LogP contribution in [-0.4, -0.2) is 25.7 Å². The average Bonchev–Trinajstić information content (AvgIpc) is 2.66. The van der Waals surface area contributed by atoms with Gasteiger partial charge in [-0.3, -0.25) is 0 Å². The number of aryl methyl sites for hydroxylation is 1. The smallest absolute Gasteiger partial charge is 0.0437 e. The Morgan fingerprint density at radius 3 is 2.75 bits per heavy atom. The van der Waals surface area contributed by atoms with Crippen molar-refractivity contribution >= 4 is 5.69 Å².